The molecule has 2 fully saturated rings. The molecular weight excluding hydrogens is 404 g/mol. The molecule has 0 saturated carbocycles. The van der Waals surface area contributed by atoms with Gasteiger partial charge in [-0.05, 0) is 76.7 Å². The average molecular weight is 449 g/mol. The van der Waals surface area contributed by atoms with E-state index in [1.807, 2.05) is 0 Å². The molecule has 33 heavy (non-hydrogen) atoms. The molecule has 6 rings (SSSR count). The predicted molar refractivity (Wildman–Crippen MR) is 138 cm³/mol. The van der Waals surface area contributed by atoms with E-state index >= 15 is 0 Å². The highest BCUT2D eigenvalue weighted by molar-refractivity contribution is 5.31. The van der Waals surface area contributed by atoms with Gasteiger partial charge in [0.1, 0.15) is 0 Å². The topological polar surface area (TPSA) is 26.7 Å². The van der Waals surface area contributed by atoms with Crippen LogP contribution in [0.3, 0.4) is 0 Å². The van der Waals surface area contributed by atoms with Gasteiger partial charge in [-0.15, -0.1) is 0 Å². The number of rotatable bonds is 0. The molecule has 0 radical (unpaired) electrons. The quantitative estimate of drug-likeness (QED) is 0.485. The lowest BCUT2D eigenvalue weighted by Crippen LogP contribution is -2.72. The summed E-state index contributed by atoms with van der Waals surface area (Å²) in [6.07, 6.45) is 33.0. The summed E-state index contributed by atoms with van der Waals surface area (Å²) in [4.78, 5) is 5.47. The zero-order valence-electron chi connectivity index (χ0n) is 20.5. The first kappa shape index (κ1) is 23.3. The van der Waals surface area contributed by atoms with Gasteiger partial charge in [-0.2, -0.15) is 0 Å². The Morgan fingerprint density at radius 3 is 2.42 bits per heavy atom. The molecule has 3 nitrogen and oxygen atoms in total. The maximum Gasteiger partial charge on any atom is 0.0707 e. The van der Waals surface area contributed by atoms with Crippen molar-refractivity contribution in [2.75, 3.05) is 32.7 Å². The van der Waals surface area contributed by atoms with E-state index in [2.05, 4.69) is 64.5 Å². The molecular formula is C30H44N2O. The minimum atomic E-state index is -0.200. The minimum Gasteiger partial charge on any atom is -0.391 e. The highest BCUT2D eigenvalue weighted by Crippen LogP contribution is 2.57. The second kappa shape index (κ2) is 10.9. The Balaban J connectivity index is 1.51. The van der Waals surface area contributed by atoms with Gasteiger partial charge in [0, 0.05) is 43.6 Å². The van der Waals surface area contributed by atoms with Crippen LogP contribution in [0.15, 0.2) is 60.3 Å². The van der Waals surface area contributed by atoms with Crippen LogP contribution in [-0.2, 0) is 0 Å². The zero-order chi connectivity index (χ0) is 22.5. The number of aliphatic hydroxyl groups excluding tert-OH is 1. The Labute approximate surface area is 201 Å². The Kier molecular flexibility index (Phi) is 7.69. The van der Waals surface area contributed by atoms with Crippen LogP contribution in [0.25, 0.3) is 0 Å². The molecule has 0 aromatic heterocycles. The summed E-state index contributed by atoms with van der Waals surface area (Å²) in [5.74, 6) is 0.936. The van der Waals surface area contributed by atoms with Crippen LogP contribution in [0, 0.1) is 17.3 Å². The van der Waals surface area contributed by atoms with Crippen molar-refractivity contribution in [3.63, 3.8) is 0 Å². The molecule has 5 aliphatic heterocycles. The summed E-state index contributed by atoms with van der Waals surface area (Å²) >= 11 is 0. The Bertz CT molecular complexity index is 808. The van der Waals surface area contributed by atoms with Gasteiger partial charge in [-0.1, -0.05) is 60.3 Å². The second-order valence-corrected chi connectivity index (χ2v) is 11.1. The largest absolute Gasteiger partial charge is 0.391 e. The molecule has 0 aromatic carbocycles. The maximum atomic E-state index is 11.6. The average Bonchev–Trinajstić information content (AvgIpc) is 2.83. The summed E-state index contributed by atoms with van der Waals surface area (Å²) in [6, 6.07) is 0.510. The van der Waals surface area contributed by atoms with E-state index in [1.54, 1.807) is 5.57 Å². The molecule has 0 aromatic rings. The van der Waals surface area contributed by atoms with Gasteiger partial charge in [-0.25, -0.2) is 0 Å². The SMILES string of the molecule is O[C@@H]1CN2CC/C=C\C/C=C\C/C=C\CCC3=C[C@@H]4CN5CCCC/C=C\CC[C@@](C2)([C@@H]14)[C@@H]35. The number of hydrogen-bond donors (Lipinski definition) is 1. The third-order valence-electron chi connectivity index (χ3n) is 8.90. The van der Waals surface area contributed by atoms with Crippen LogP contribution in [0.5, 0.6) is 0 Å². The molecule has 0 amide bonds. The lowest BCUT2D eigenvalue weighted by Gasteiger charge is -2.65. The highest BCUT2D eigenvalue weighted by Gasteiger charge is 2.61. The Morgan fingerprint density at radius 1 is 0.788 bits per heavy atom. The lowest BCUT2D eigenvalue weighted by molar-refractivity contribution is -0.159. The smallest absolute Gasteiger partial charge is 0.0707 e. The normalized spacial score (nSPS) is 45.8. The van der Waals surface area contributed by atoms with Crippen molar-refractivity contribution in [2.45, 2.75) is 76.4 Å². The maximum absolute atomic E-state index is 11.6. The van der Waals surface area contributed by atoms with E-state index in [0.29, 0.717) is 17.9 Å². The molecule has 3 heteroatoms. The van der Waals surface area contributed by atoms with Crippen LogP contribution in [-0.4, -0.2) is 59.8 Å². The molecule has 7 atom stereocenters. The van der Waals surface area contributed by atoms with Gasteiger partial charge in [0.15, 0.2) is 0 Å². The minimum absolute atomic E-state index is 0.183. The van der Waals surface area contributed by atoms with Crippen LogP contribution in [0.1, 0.15) is 64.2 Å². The van der Waals surface area contributed by atoms with E-state index in [0.717, 1.165) is 58.3 Å². The first-order chi connectivity index (χ1) is 16.3. The molecule has 1 aliphatic carbocycles. The fraction of sp³-hybridized carbons (Fsp3) is 0.667. The van der Waals surface area contributed by atoms with Crippen LogP contribution >= 0.6 is 0 Å². The number of allylic oxidation sites excluding steroid dienone is 7. The van der Waals surface area contributed by atoms with Crippen molar-refractivity contribution in [2.24, 2.45) is 17.3 Å². The second-order valence-electron chi connectivity index (χ2n) is 11.1. The van der Waals surface area contributed by atoms with Crippen molar-refractivity contribution in [3.05, 3.63) is 60.3 Å². The molecule has 6 aliphatic rings. The molecule has 2 unspecified atom stereocenters. The summed E-state index contributed by atoms with van der Waals surface area (Å²) < 4.78 is 0. The molecule has 1 N–H and O–H groups in total. The lowest BCUT2D eigenvalue weighted by atomic mass is 9.51. The summed E-state index contributed by atoms with van der Waals surface area (Å²) in [5.41, 5.74) is 1.87. The van der Waals surface area contributed by atoms with Crippen molar-refractivity contribution in [1.82, 2.24) is 9.80 Å². The van der Waals surface area contributed by atoms with E-state index in [9.17, 15) is 5.11 Å². The van der Waals surface area contributed by atoms with E-state index in [-0.39, 0.29) is 11.5 Å². The molecule has 1 spiro atoms. The fourth-order valence-corrected chi connectivity index (χ4v) is 7.75. The number of aliphatic hydroxyl groups is 1. The van der Waals surface area contributed by atoms with Gasteiger partial charge >= 0.3 is 0 Å². The molecule has 6 bridgehead atoms. The first-order valence-corrected chi connectivity index (χ1v) is 13.7. The van der Waals surface area contributed by atoms with Gasteiger partial charge in [0.25, 0.3) is 0 Å². The van der Waals surface area contributed by atoms with Crippen LogP contribution in [0.2, 0.25) is 0 Å². The van der Waals surface area contributed by atoms with Gasteiger partial charge in [0.2, 0.25) is 0 Å². The van der Waals surface area contributed by atoms with E-state index in [4.69, 9.17) is 0 Å². The predicted octanol–water partition coefficient (Wildman–Crippen LogP) is 5.66. The van der Waals surface area contributed by atoms with Crippen molar-refractivity contribution >= 4 is 0 Å². The number of nitrogens with zero attached hydrogens (tertiary/aromatic N) is 2. The third kappa shape index (κ3) is 5.01. The van der Waals surface area contributed by atoms with E-state index < -0.39 is 0 Å². The van der Waals surface area contributed by atoms with Crippen molar-refractivity contribution in [3.8, 4) is 0 Å². The summed E-state index contributed by atoms with van der Waals surface area (Å²) in [7, 11) is 0. The molecule has 5 heterocycles. The molecule has 2 saturated heterocycles. The van der Waals surface area contributed by atoms with Crippen molar-refractivity contribution < 1.29 is 5.11 Å². The van der Waals surface area contributed by atoms with Crippen LogP contribution < -0.4 is 0 Å². The number of fused-ring (bicyclic) bond motifs is 1. The number of piperidine rings is 2. The van der Waals surface area contributed by atoms with Gasteiger partial charge in [-0.3, -0.25) is 9.80 Å². The summed E-state index contributed by atoms with van der Waals surface area (Å²) in [5, 5.41) is 11.6. The highest BCUT2D eigenvalue weighted by atomic mass is 16.3. The van der Waals surface area contributed by atoms with Crippen LogP contribution in [0.4, 0.5) is 0 Å². The van der Waals surface area contributed by atoms with Crippen molar-refractivity contribution in [1.29, 1.82) is 0 Å². The Hall–Kier alpha value is -1.42. The fourth-order valence-electron chi connectivity index (χ4n) is 7.75. The monoisotopic (exact) mass is 448 g/mol. The number of hydrogen-bond acceptors (Lipinski definition) is 3. The third-order valence-corrected chi connectivity index (χ3v) is 8.90. The standard InChI is InChI=1S/C30H44N2O/c33-27-23-31-19-15-11-7-4-2-1-3-5-9-13-17-25-21-26-22-32-20-16-12-8-6-10-14-18-30(24-31,28(26)27)29(25)32/h1-2,5-7,9-11,21,26-29,33H,3-4,8,12-20,22-24H2/b2-1-,9-5-,10-6-,11-7-/t26-,27-,28-,29-,30-/m1/s1. The van der Waals surface area contributed by atoms with Gasteiger partial charge in [0.05, 0.1) is 6.10 Å². The van der Waals surface area contributed by atoms with Gasteiger partial charge < -0.3 is 5.11 Å². The zero-order valence-corrected chi connectivity index (χ0v) is 20.5. The van der Waals surface area contributed by atoms with E-state index in [1.165, 1.54) is 38.6 Å². The molecule has 180 valence electrons. The summed E-state index contributed by atoms with van der Waals surface area (Å²) in [6.45, 7) is 5.46. The first-order valence-electron chi connectivity index (χ1n) is 13.7. The Morgan fingerprint density at radius 2 is 1.55 bits per heavy atom.